The lowest BCUT2D eigenvalue weighted by Gasteiger charge is -2.30. The van der Waals surface area contributed by atoms with Gasteiger partial charge in [0.05, 0.1) is 11.3 Å². The molecule has 3 aromatic rings. The summed E-state index contributed by atoms with van der Waals surface area (Å²) in [5.74, 6) is 1.11. The third-order valence-electron chi connectivity index (χ3n) is 6.07. The maximum atomic E-state index is 13.0. The van der Waals surface area contributed by atoms with Crippen molar-refractivity contribution in [2.24, 2.45) is 0 Å². The van der Waals surface area contributed by atoms with Crippen molar-refractivity contribution in [2.45, 2.75) is 25.7 Å². The van der Waals surface area contributed by atoms with E-state index < -0.39 is 0 Å². The minimum Gasteiger partial charge on any atom is -0.465 e. The number of amides is 1. The summed E-state index contributed by atoms with van der Waals surface area (Å²) in [6.45, 7) is 8.67. The number of piperidine rings is 1. The zero-order chi connectivity index (χ0) is 24.5. The van der Waals surface area contributed by atoms with Gasteiger partial charge in [-0.3, -0.25) is 9.69 Å². The Hall–Kier alpha value is -3.48. The van der Waals surface area contributed by atoms with E-state index in [9.17, 15) is 4.79 Å². The zero-order valence-corrected chi connectivity index (χ0v) is 20.8. The van der Waals surface area contributed by atoms with Gasteiger partial charge < -0.3 is 9.73 Å². The van der Waals surface area contributed by atoms with Crippen LogP contribution < -0.4 is 5.32 Å². The second-order valence-electron chi connectivity index (χ2n) is 8.53. The van der Waals surface area contributed by atoms with Gasteiger partial charge >= 0.3 is 0 Å². The first kappa shape index (κ1) is 24.6. The summed E-state index contributed by atoms with van der Waals surface area (Å²) in [7, 11) is 0. The molecule has 1 saturated heterocycles. The van der Waals surface area contributed by atoms with E-state index in [1.165, 1.54) is 0 Å². The average molecular weight is 486 g/mol. The minimum absolute atomic E-state index is 0.171. The average Bonchev–Trinajstić information content (AvgIpc) is 3.58. The van der Waals surface area contributed by atoms with Gasteiger partial charge in [0.15, 0.2) is 0 Å². The van der Waals surface area contributed by atoms with Crippen LogP contribution in [0.15, 0.2) is 89.4 Å². The quantitative estimate of drug-likeness (QED) is 0.331. The van der Waals surface area contributed by atoms with E-state index in [1.54, 1.807) is 23.7 Å². The van der Waals surface area contributed by atoms with Crippen LogP contribution in [-0.4, -0.2) is 35.4 Å². The van der Waals surface area contributed by atoms with Gasteiger partial charge in [-0.1, -0.05) is 55.2 Å². The summed E-state index contributed by atoms with van der Waals surface area (Å²) in [6.07, 6.45) is 15.5. The molecular formula is C29H31N3O2S. The maximum Gasteiger partial charge on any atom is 0.275 e. The molecule has 0 saturated carbocycles. The lowest BCUT2D eigenvalue weighted by Crippen LogP contribution is -2.33. The molecule has 0 atom stereocenters. The smallest absolute Gasteiger partial charge is 0.275 e. The maximum absolute atomic E-state index is 13.0. The number of benzene rings is 1. The van der Waals surface area contributed by atoms with Crippen LogP contribution in [0.5, 0.6) is 0 Å². The Balaban J connectivity index is 1.33. The normalized spacial score (nSPS) is 15.7. The number of hydrogen-bond acceptors (Lipinski definition) is 5. The Morgan fingerprint density at radius 2 is 2.06 bits per heavy atom. The van der Waals surface area contributed by atoms with Crippen LogP contribution in [0.3, 0.4) is 0 Å². The van der Waals surface area contributed by atoms with Gasteiger partial charge in [-0.2, -0.15) is 0 Å². The van der Waals surface area contributed by atoms with Crippen LogP contribution in [-0.2, 0) is 0 Å². The fourth-order valence-electron chi connectivity index (χ4n) is 4.14. The second kappa shape index (κ2) is 12.3. The fourth-order valence-corrected chi connectivity index (χ4v) is 5.11. The topological polar surface area (TPSA) is 58.4 Å². The van der Waals surface area contributed by atoms with Crippen LogP contribution in [0.2, 0.25) is 0 Å². The number of hydrogen-bond donors (Lipinski definition) is 1. The zero-order valence-electron chi connectivity index (χ0n) is 20.0. The number of furan rings is 1. The van der Waals surface area contributed by atoms with E-state index in [2.05, 4.69) is 22.9 Å². The summed E-state index contributed by atoms with van der Waals surface area (Å²) >= 11 is 1.59. The lowest BCUT2D eigenvalue weighted by molar-refractivity contribution is 0.102. The highest BCUT2D eigenvalue weighted by Gasteiger charge is 2.23. The number of carbonyl (C=O) groups excluding carboxylic acids is 1. The Kier molecular flexibility index (Phi) is 8.65. The molecule has 1 aliphatic rings. The number of thiazole rings is 1. The van der Waals surface area contributed by atoms with E-state index in [0.29, 0.717) is 11.6 Å². The number of likely N-dealkylation sites (tertiary alicyclic amines) is 1. The van der Waals surface area contributed by atoms with Gasteiger partial charge in [0.25, 0.3) is 5.91 Å². The van der Waals surface area contributed by atoms with E-state index in [4.69, 9.17) is 9.40 Å². The molecule has 3 heterocycles. The van der Waals surface area contributed by atoms with Crippen molar-refractivity contribution in [3.63, 3.8) is 0 Å². The van der Waals surface area contributed by atoms with Crippen molar-refractivity contribution in [1.82, 2.24) is 9.88 Å². The Morgan fingerprint density at radius 1 is 1.23 bits per heavy atom. The number of nitrogens with zero attached hydrogens (tertiary/aromatic N) is 2. The molecule has 1 aromatic carbocycles. The first-order chi connectivity index (χ1) is 17.1. The Labute approximate surface area is 211 Å². The minimum atomic E-state index is -0.171. The van der Waals surface area contributed by atoms with E-state index in [1.807, 2.05) is 73.0 Å². The van der Waals surface area contributed by atoms with Crippen molar-refractivity contribution in [2.75, 3.05) is 25.0 Å². The highest BCUT2D eigenvalue weighted by atomic mass is 32.1. The van der Waals surface area contributed by atoms with Gasteiger partial charge in [-0.05, 0) is 62.7 Å². The molecule has 180 valence electrons. The van der Waals surface area contributed by atoms with E-state index in [-0.39, 0.29) is 5.91 Å². The first-order valence-corrected chi connectivity index (χ1v) is 12.8. The van der Waals surface area contributed by atoms with Crippen molar-refractivity contribution in [1.29, 1.82) is 0 Å². The summed E-state index contributed by atoms with van der Waals surface area (Å²) in [5.41, 5.74) is 3.31. The van der Waals surface area contributed by atoms with Crippen LogP contribution in [0.4, 0.5) is 5.69 Å². The number of anilines is 1. The van der Waals surface area contributed by atoms with E-state index in [0.717, 1.165) is 60.1 Å². The molecule has 0 radical (unpaired) electrons. The van der Waals surface area contributed by atoms with E-state index >= 15 is 0 Å². The third-order valence-corrected chi connectivity index (χ3v) is 7.08. The lowest BCUT2D eigenvalue weighted by atomic mass is 9.97. The summed E-state index contributed by atoms with van der Waals surface area (Å²) in [4.78, 5) is 20.1. The largest absolute Gasteiger partial charge is 0.465 e. The fraction of sp³-hybridized carbons (Fsp3) is 0.241. The molecule has 2 aromatic heterocycles. The van der Waals surface area contributed by atoms with Crippen LogP contribution in [0.1, 0.15) is 52.5 Å². The SMILES string of the molecule is C=C/C=C\C=C(/C)c1ccccc1NC(=O)c1csc(C2CCN(C/C=C\c3ccco3)CC2)n1. The molecule has 35 heavy (non-hydrogen) atoms. The van der Waals surface area contributed by atoms with Gasteiger partial charge in [0, 0.05) is 29.1 Å². The number of nitrogens with one attached hydrogen (secondary N) is 1. The van der Waals surface area contributed by atoms with Gasteiger partial charge in [-0.25, -0.2) is 4.98 Å². The number of aromatic nitrogens is 1. The molecule has 0 bridgehead atoms. The monoisotopic (exact) mass is 485 g/mol. The number of para-hydroxylation sites is 1. The molecule has 0 unspecified atom stereocenters. The molecule has 1 aliphatic heterocycles. The number of rotatable bonds is 9. The third kappa shape index (κ3) is 6.78. The summed E-state index contributed by atoms with van der Waals surface area (Å²) in [5, 5.41) is 5.98. The summed E-state index contributed by atoms with van der Waals surface area (Å²) in [6, 6.07) is 11.7. The molecule has 1 fully saturated rings. The van der Waals surface area contributed by atoms with Gasteiger partial charge in [-0.15, -0.1) is 11.3 Å². The molecular weight excluding hydrogens is 454 g/mol. The van der Waals surface area contributed by atoms with Crippen molar-refractivity contribution in [3.05, 3.63) is 107 Å². The van der Waals surface area contributed by atoms with Crippen molar-refractivity contribution < 1.29 is 9.21 Å². The first-order valence-electron chi connectivity index (χ1n) is 11.9. The summed E-state index contributed by atoms with van der Waals surface area (Å²) < 4.78 is 5.34. The standard InChI is InChI=1S/C29H31N3O2S/c1-3-4-5-10-22(2)25-13-6-7-14-26(25)30-28(33)27-21-35-29(31-27)23-15-18-32(19-16-23)17-8-11-24-12-9-20-34-24/h3-14,20-21,23H,1,15-19H2,2H3,(H,30,33)/b5-4-,11-8-,22-10+. The molecule has 0 aliphatic carbocycles. The molecule has 0 spiro atoms. The molecule has 1 N–H and O–H groups in total. The Bertz CT molecular complexity index is 1210. The predicted molar refractivity (Wildman–Crippen MR) is 146 cm³/mol. The van der Waals surface area contributed by atoms with Crippen molar-refractivity contribution >= 4 is 34.6 Å². The van der Waals surface area contributed by atoms with Gasteiger partial charge in [0.1, 0.15) is 11.5 Å². The number of allylic oxidation sites excluding steroid dienone is 5. The van der Waals surface area contributed by atoms with Crippen LogP contribution in [0, 0.1) is 0 Å². The Morgan fingerprint density at radius 3 is 2.83 bits per heavy atom. The van der Waals surface area contributed by atoms with Crippen LogP contribution >= 0.6 is 11.3 Å². The molecule has 1 amide bonds. The number of carbonyl (C=O) groups is 1. The van der Waals surface area contributed by atoms with Crippen LogP contribution in [0.25, 0.3) is 11.6 Å². The molecule has 4 rings (SSSR count). The molecule has 5 nitrogen and oxygen atoms in total. The second-order valence-corrected chi connectivity index (χ2v) is 9.42. The highest BCUT2D eigenvalue weighted by molar-refractivity contribution is 7.10. The predicted octanol–water partition coefficient (Wildman–Crippen LogP) is 7.03. The van der Waals surface area contributed by atoms with Gasteiger partial charge in [0.2, 0.25) is 0 Å². The highest BCUT2D eigenvalue weighted by Crippen LogP contribution is 2.31. The van der Waals surface area contributed by atoms with Crippen molar-refractivity contribution in [3.8, 4) is 0 Å². The molecule has 6 heteroatoms.